The van der Waals surface area contributed by atoms with E-state index >= 15 is 0 Å². The number of hydrogen-bond acceptors (Lipinski definition) is 4. The molecule has 4 nitrogen and oxygen atoms in total. The maximum Gasteiger partial charge on any atom is 0.256 e. The zero-order chi connectivity index (χ0) is 13.1. The van der Waals surface area contributed by atoms with Gasteiger partial charge in [0.2, 0.25) is 0 Å². The standard InChI is InChI=1S/C12H12BrN3OS/c1-16(6-8-4-11(13)18-7-8)12(17)9-2-3-15-5-10(9)14/h2-5,7H,6,14H2,1H3. The molecule has 0 fully saturated rings. The van der Waals surface area contributed by atoms with Gasteiger partial charge in [-0.1, -0.05) is 0 Å². The summed E-state index contributed by atoms with van der Waals surface area (Å²) in [6.45, 7) is 0.558. The van der Waals surface area contributed by atoms with Crippen molar-refractivity contribution in [3.8, 4) is 0 Å². The lowest BCUT2D eigenvalue weighted by molar-refractivity contribution is 0.0786. The van der Waals surface area contributed by atoms with Crippen molar-refractivity contribution in [2.45, 2.75) is 6.54 Å². The van der Waals surface area contributed by atoms with Gasteiger partial charge in [-0.05, 0) is 39.0 Å². The van der Waals surface area contributed by atoms with E-state index in [0.717, 1.165) is 9.35 Å². The molecular formula is C12H12BrN3OS. The van der Waals surface area contributed by atoms with Crippen LogP contribution in [0.1, 0.15) is 15.9 Å². The van der Waals surface area contributed by atoms with E-state index in [9.17, 15) is 4.79 Å². The first-order valence-electron chi connectivity index (χ1n) is 5.26. The van der Waals surface area contributed by atoms with Gasteiger partial charge in [-0.15, -0.1) is 11.3 Å². The van der Waals surface area contributed by atoms with Gasteiger partial charge in [0, 0.05) is 19.8 Å². The number of hydrogen-bond donors (Lipinski definition) is 1. The Morgan fingerprint density at radius 1 is 1.61 bits per heavy atom. The molecule has 0 saturated carbocycles. The molecule has 0 radical (unpaired) electrons. The molecule has 0 unspecified atom stereocenters. The van der Waals surface area contributed by atoms with Crippen LogP contribution in [-0.2, 0) is 6.54 Å². The van der Waals surface area contributed by atoms with E-state index in [1.165, 1.54) is 6.20 Å². The molecule has 0 spiro atoms. The average molecular weight is 326 g/mol. The molecule has 0 atom stereocenters. The van der Waals surface area contributed by atoms with E-state index in [1.54, 1.807) is 35.5 Å². The highest BCUT2D eigenvalue weighted by Gasteiger charge is 2.15. The number of aromatic nitrogens is 1. The van der Waals surface area contributed by atoms with Crippen LogP contribution in [0.4, 0.5) is 5.69 Å². The third kappa shape index (κ3) is 2.88. The third-order valence-electron chi connectivity index (χ3n) is 2.47. The molecule has 18 heavy (non-hydrogen) atoms. The smallest absolute Gasteiger partial charge is 0.256 e. The number of amides is 1. The van der Waals surface area contributed by atoms with Crippen LogP contribution in [0.15, 0.2) is 33.7 Å². The molecule has 2 aromatic heterocycles. The maximum atomic E-state index is 12.2. The van der Waals surface area contributed by atoms with Crippen LogP contribution in [0.25, 0.3) is 0 Å². The summed E-state index contributed by atoms with van der Waals surface area (Å²) < 4.78 is 1.06. The number of carbonyl (C=O) groups excluding carboxylic acids is 1. The Balaban J connectivity index is 2.12. The minimum Gasteiger partial charge on any atom is -0.397 e. The second-order valence-electron chi connectivity index (χ2n) is 3.88. The number of pyridine rings is 1. The van der Waals surface area contributed by atoms with E-state index in [4.69, 9.17) is 5.73 Å². The monoisotopic (exact) mass is 325 g/mol. The molecule has 0 bridgehead atoms. The number of anilines is 1. The number of thiophene rings is 1. The van der Waals surface area contributed by atoms with Gasteiger partial charge in [0.25, 0.3) is 5.91 Å². The van der Waals surface area contributed by atoms with Crippen molar-refractivity contribution in [2.24, 2.45) is 0 Å². The fourth-order valence-corrected chi connectivity index (χ4v) is 2.78. The van der Waals surface area contributed by atoms with Gasteiger partial charge in [-0.2, -0.15) is 0 Å². The van der Waals surface area contributed by atoms with E-state index in [2.05, 4.69) is 20.9 Å². The molecule has 0 aliphatic rings. The van der Waals surface area contributed by atoms with Crippen molar-refractivity contribution < 1.29 is 4.79 Å². The predicted molar refractivity (Wildman–Crippen MR) is 76.5 cm³/mol. The fourth-order valence-electron chi connectivity index (χ4n) is 1.58. The van der Waals surface area contributed by atoms with E-state index in [-0.39, 0.29) is 5.91 Å². The first-order valence-corrected chi connectivity index (χ1v) is 6.93. The maximum absolute atomic E-state index is 12.2. The molecule has 1 amide bonds. The number of carbonyl (C=O) groups is 1. The quantitative estimate of drug-likeness (QED) is 0.943. The fraction of sp³-hybridized carbons (Fsp3) is 0.167. The second kappa shape index (κ2) is 5.49. The average Bonchev–Trinajstić information content (AvgIpc) is 2.74. The number of halogens is 1. The summed E-state index contributed by atoms with van der Waals surface area (Å²) in [5.41, 5.74) is 7.73. The number of nitrogen functional groups attached to an aromatic ring is 1. The van der Waals surface area contributed by atoms with Gasteiger partial charge < -0.3 is 10.6 Å². The number of nitrogens with two attached hydrogens (primary N) is 1. The van der Waals surface area contributed by atoms with Crippen LogP contribution in [0.5, 0.6) is 0 Å². The molecule has 0 aliphatic carbocycles. The van der Waals surface area contributed by atoms with Crippen molar-refractivity contribution in [3.63, 3.8) is 0 Å². The second-order valence-corrected chi connectivity index (χ2v) is 6.17. The largest absolute Gasteiger partial charge is 0.397 e. The summed E-state index contributed by atoms with van der Waals surface area (Å²) in [6, 6.07) is 3.64. The molecule has 2 rings (SSSR count). The molecule has 0 aliphatic heterocycles. The number of rotatable bonds is 3. The lowest BCUT2D eigenvalue weighted by Gasteiger charge is -2.17. The van der Waals surface area contributed by atoms with Crippen LogP contribution in [0, 0.1) is 0 Å². The first kappa shape index (κ1) is 13.0. The van der Waals surface area contributed by atoms with Gasteiger partial charge in [0.15, 0.2) is 0 Å². The highest BCUT2D eigenvalue weighted by Crippen LogP contribution is 2.22. The molecule has 6 heteroatoms. The summed E-state index contributed by atoms with van der Waals surface area (Å²) in [7, 11) is 1.76. The minimum absolute atomic E-state index is 0.0998. The van der Waals surface area contributed by atoms with Crippen LogP contribution in [-0.4, -0.2) is 22.8 Å². The van der Waals surface area contributed by atoms with Gasteiger partial charge in [-0.25, -0.2) is 0 Å². The SMILES string of the molecule is CN(Cc1csc(Br)c1)C(=O)c1ccncc1N. The highest BCUT2D eigenvalue weighted by atomic mass is 79.9. The molecule has 2 N–H and O–H groups in total. The Labute approximate surface area is 118 Å². The predicted octanol–water partition coefficient (Wildman–Crippen LogP) is 2.76. The minimum atomic E-state index is -0.0998. The summed E-state index contributed by atoms with van der Waals surface area (Å²) >= 11 is 5.00. The lowest BCUT2D eigenvalue weighted by Crippen LogP contribution is -2.26. The first-order chi connectivity index (χ1) is 8.58. The van der Waals surface area contributed by atoms with Crippen LogP contribution < -0.4 is 5.73 Å². The molecule has 0 saturated heterocycles. The summed E-state index contributed by atoms with van der Waals surface area (Å²) in [4.78, 5) is 17.7. The topological polar surface area (TPSA) is 59.2 Å². The normalized spacial score (nSPS) is 10.3. The van der Waals surface area contributed by atoms with Crippen molar-refractivity contribution in [3.05, 3.63) is 44.8 Å². The van der Waals surface area contributed by atoms with E-state index in [0.29, 0.717) is 17.8 Å². The summed E-state index contributed by atoms with van der Waals surface area (Å²) in [5.74, 6) is -0.0998. The Hall–Kier alpha value is -1.40. The number of nitrogens with zero attached hydrogens (tertiary/aromatic N) is 2. The van der Waals surface area contributed by atoms with Gasteiger partial charge in [-0.3, -0.25) is 9.78 Å². The van der Waals surface area contributed by atoms with Crippen LogP contribution >= 0.6 is 27.3 Å². The van der Waals surface area contributed by atoms with E-state index in [1.807, 2.05) is 11.4 Å². The summed E-state index contributed by atoms with van der Waals surface area (Å²) in [5, 5.41) is 2.02. The van der Waals surface area contributed by atoms with Crippen molar-refractivity contribution >= 4 is 38.9 Å². The van der Waals surface area contributed by atoms with Crippen LogP contribution in [0.2, 0.25) is 0 Å². The Morgan fingerprint density at radius 2 is 2.39 bits per heavy atom. The van der Waals surface area contributed by atoms with Gasteiger partial charge >= 0.3 is 0 Å². The molecule has 0 aromatic carbocycles. The van der Waals surface area contributed by atoms with Crippen LogP contribution in [0.3, 0.4) is 0 Å². The Bertz CT molecular complexity index is 570. The van der Waals surface area contributed by atoms with Crippen molar-refractivity contribution in [2.75, 3.05) is 12.8 Å². The Morgan fingerprint density at radius 3 is 3.00 bits per heavy atom. The Kier molecular flexibility index (Phi) is 3.98. The van der Waals surface area contributed by atoms with Crippen molar-refractivity contribution in [1.29, 1.82) is 0 Å². The highest BCUT2D eigenvalue weighted by molar-refractivity contribution is 9.11. The molecule has 2 aromatic rings. The van der Waals surface area contributed by atoms with Crippen molar-refractivity contribution in [1.82, 2.24) is 9.88 Å². The molecule has 2 heterocycles. The van der Waals surface area contributed by atoms with Gasteiger partial charge in [0.1, 0.15) is 0 Å². The summed E-state index contributed by atoms with van der Waals surface area (Å²) in [6.07, 6.45) is 3.06. The zero-order valence-electron chi connectivity index (χ0n) is 9.76. The zero-order valence-corrected chi connectivity index (χ0v) is 12.2. The lowest BCUT2D eigenvalue weighted by atomic mass is 10.2. The third-order valence-corrected chi connectivity index (χ3v) is 4.02. The molecule has 94 valence electrons. The van der Waals surface area contributed by atoms with E-state index < -0.39 is 0 Å². The molecular weight excluding hydrogens is 314 g/mol. The van der Waals surface area contributed by atoms with Gasteiger partial charge in [0.05, 0.1) is 21.2 Å².